The van der Waals surface area contributed by atoms with Crippen LogP contribution in [0.5, 0.6) is 5.75 Å². The van der Waals surface area contributed by atoms with Crippen LogP contribution < -0.4 is 26.6 Å². The second-order valence-electron chi connectivity index (χ2n) is 8.83. The molecule has 0 aliphatic heterocycles. The van der Waals surface area contributed by atoms with Crippen LogP contribution in [0.1, 0.15) is 32.7 Å². The van der Waals surface area contributed by atoms with Gasteiger partial charge >= 0.3 is 6.18 Å². The number of hydrogen-bond acceptors (Lipinski definition) is 7. The van der Waals surface area contributed by atoms with Crippen LogP contribution in [-0.2, 0) is 19.8 Å². The molecule has 204 valence electrons. The zero-order valence-corrected chi connectivity index (χ0v) is 22.3. The Labute approximate surface area is 223 Å². The molecular weight excluding hydrogens is 523 g/mol. The van der Waals surface area contributed by atoms with Crippen molar-refractivity contribution in [3.8, 4) is 5.75 Å². The Morgan fingerprint density at radius 1 is 1.26 bits per heavy atom. The van der Waals surface area contributed by atoms with Crippen LogP contribution in [0.25, 0.3) is 5.70 Å². The van der Waals surface area contributed by atoms with Crippen LogP contribution >= 0.6 is 11.6 Å². The molecular formula is C25H29ClF3N7O2. The van der Waals surface area contributed by atoms with Gasteiger partial charge in [0.2, 0.25) is 0 Å². The van der Waals surface area contributed by atoms with Crippen LogP contribution in [0, 0.1) is 6.92 Å². The average Bonchev–Trinajstić information content (AvgIpc) is 3.16. The van der Waals surface area contributed by atoms with Gasteiger partial charge in [0.1, 0.15) is 5.75 Å². The third-order valence-corrected chi connectivity index (χ3v) is 6.06. The normalized spacial score (nSPS) is 12.1. The number of carbonyl (C=O) groups excluding carboxylic acids is 1. The summed E-state index contributed by atoms with van der Waals surface area (Å²) < 4.78 is 47.8. The third kappa shape index (κ3) is 6.39. The van der Waals surface area contributed by atoms with Gasteiger partial charge < -0.3 is 20.7 Å². The number of benzene rings is 2. The third-order valence-electron chi connectivity index (χ3n) is 5.74. The van der Waals surface area contributed by atoms with Crippen LogP contribution in [0.3, 0.4) is 0 Å². The summed E-state index contributed by atoms with van der Waals surface area (Å²) in [5, 5.41) is 8.05. The number of hydrogen-bond donors (Lipinski definition) is 3. The summed E-state index contributed by atoms with van der Waals surface area (Å²) in [5.74, 6) is 5.61. The molecule has 5 N–H and O–H groups in total. The standard InChI is InChI=1S/C25H29ClF3N7O2/c1-14-18(11-32-35(14)4)20(30)13-36(31)22-9-15(6-7-19(22)26)24(37)33-21-10-17(25(27,28)29)8-16(12-34(2)3)23(21)38-5/h6-11,13H,12,30-31H2,1-5H3,(H,33,37)/b20-13-. The molecule has 0 aliphatic carbocycles. The number of alkyl halides is 3. The number of nitrogens with one attached hydrogen (secondary N) is 1. The van der Waals surface area contributed by atoms with Gasteiger partial charge in [0, 0.05) is 42.2 Å². The Morgan fingerprint density at radius 3 is 2.50 bits per heavy atom. The molecule has 1 amide bonds. The Hall–Kier alpha value is -3.74. The number of aromatic nitrogens is 2. The molecule has 0 unspecified atom stereocenters. The summed E-state index contributed by atoms with van der Waals surface area (Å²) >= 11 is 6.32. The van der Waals surface area contributed by atoms with E-state index in [1.54, 1.807) is 36.9 Å². The number of ether oxygens (including phenoxy) is 1. The highest BCUT2D eigenvalue weighted by Crippen LogP contribution is 2.38. The van der Waals surface area contributed by atoms with E-state index >= 15 is 0 Å². The van der Waals surface area contributed by atoms with Crippen LogP contribution in [0.2, 0.25) is 5.02 Å². The number of rotatable bonds is 8. The molecule has 0 saturated heterocycles. The molecule has 1 aromatic heterocycles. The number of methoxy groups -OCH3 is 1. The molecule has 9 nitrogen and oxygen atoms in total. The number of aryl methyl sites for hydroxylation is 1. The summed E-state index contributed by atoms with van der Waals surface area (Å²) in [4.78, 5) is 14.8. The smallest absolute Gasteiger partial charge is 0.416 e. The SMILES string of the molecule is COc1c(CN(C)C)cc(C(F)(F)F)cc1NC(=O)c1ccc(Cl)c(N(N)/C=C(\N)c2cnn(C)c2C)c1. The quantitative estimate of drug-likeness (QED) is 0.281. The Kier molecular flexibility index (Phi) is 8.60. The minimum atomic E-state index is -4.63. The monoisotopic (exact) mass is 551 g/mol. The number of halogens is 4. The molecule has 0 atom stereocenters. The second kappa shape index (κ2) is 11.3. The first-order valence-corrected chi connectivity index (χ1v) is 11.6. The summed E-state index contributed by atoms with van der Waals surface area (Å²) in [6.07, 6.45) is -1.61. The molecule has 3 aromatic rings. The van der Waals surface area contributed by atoms with Crippen molar-refractivity contribution in [2.75, 3.05) is 31.5 Å². The number of hydrazine groups is 1. The van der Waals surface area contributed by atoms with Crippen molar-refractivity contribution in [2.45, 2.75) is 19.6 Å². The Balaban J connectivity index is 1.96. The van der Waals surface area contributed by atoms with Gasteiger partial charge in [-0.3, -0.25) is 14.5 Å². The zero-order valence-electron chi connectivity index (χ0n) is 21.5. The van der Waals surface area contributed by atoms with E-state index in [4.69, 9.17) is 27.9 Å². The average molecular weight is 552 g/mol. The van der Waals surface area contributed by atoms with Crippen molar-refractivity contribution in [1.82, 2.24) is 14.7 Å². The van der Waals surface area contributed by atoms with Gasteiger partial charge in [-0.05, 0) is 51.4 Å². The fourth-order valence-corrected chi connectivity index (χ4v) is 3.98. The summed E-state index contributed by atoms with van der Waals surface area (Å²) in [5.41, 5.74) is 7.54. The van der Waals surface area contributed by atoms with E-state index < -0.39 is 17.6 Å². The zero-order chi connectivity index (χ0) is 28.4. The number of carbonyl (C=O) groups is 1. The van der Waals surface area contributed by atoms with E-state index in [0.29, 0.717) is 11.3 Å². The molecule has 38 heavy (non-hydrogen) atoms. The van der Waals surface area contributed by atoms with Crippen LogP contribution in [0.4, 0.5) is 24.5 Å². The molecule has 0 aliphatic rings. The lowest BCUT2D eigenvalue weighted by Crippen LogP contribution is -2.26. The summed E-state index contributed by atoms with van der Waals surface area (Å²) in [7, 11) is 6.52. The van der Waals surface area contributed by atoms with E-state index in [1.807, 2.05) is 6.92 Å². The van der Waals surface area contributed by atoms with Crippen molar-refractivity contribution in [3.63, 3.8) is 0 Å². The van der Waals surface area contributed by atoms with Gasteiger partial charge in [0.25, 0.3) is 5.91 Å². The van der Waals surface area contributed by atoms with E-state index in [9.17, 15) is 18.0 Å². The first-order chi connectivity index (χ1) is 17.7. The maximum absolute atomic E-state index is 13.6. The van der Waals surface area contributed by atoms with Crippen LogP contribution in [0.15, 0.2) is 42.7 Å². The number of amides is 1. The topological polar surface area (TPSA) is 115 Å². The fourth-order valence-electron chi connectivity index (χ4n) is 3.76. The van der Waals surface area contributed by atoms with Gasteiger partial charge in [-0.15, -0.1) is 0 Å². The largest absolute Gasteiger partial charge is 0.494 e. The lowest BCUT2D eigenvalue weighted by Gasteiger charge is -2.20. The van der Waals surface area contributed by atoms with Crippen molar-refractivity contribution < 1.29 is 22.7 Å². The lowest BCUT2D eigenvalue weighted by molar-refractivity contribution is -0.137. The highest BCUT2D eigenvalue weighted by molar-refractivity contribution is 6.33. The maximum atomic E-state index is 13.6. The maximum Gasteiger partial charge on any atom is 0.416 e. The first-order valence-electron chi connectivity index (χ1n) is 11.3. The number of anilines is 2. The van der Waals surface area contributed by atoms with E-state index in [0.717, 1.165) is 22.8 Å². The molecule has 0 fully saturated rings. The van der Waals surface area contributed by atoms with Gasteiger partial charge in [-0.2, -0.15) is 18.3 Å². The number of nitrogens with zero attached hydrogens (tertiary/aromatic N) is 4. The lowest BCUT2D eigenvalue weighted by atomic mass is 10.1. The van der Waals surface area contributed by atoms with E-state index in [-0.39, 0.29) is 39.8 Å². The molecule has 2 aromatic carbocycles. The highest BCUT2D eigenvalue weighted by atomic mass is 35.5. The highest BCUT2D eigenvalue weighted by Gasteiger charge is 2.33. The predicted octanol–water partition coefficient (Wildman–Crippen LogP) is 4.36. The summed E-state index contributed by atoms with van der Waals surface area (Å²) in [6.45, 7) is 2.00. The Morgan fingerprint density at radius 2 is 1.95 bits per heavy atom. The van der Waals surface area contributed by atoms with Crippen molar-refractivity contribution in [1.29, 1.82) is 0 Å². The van der Waals surface area contributed by atoms with Crippen LogP contribution in [-0.4, -0.2) is 41.8 Å². The Bertz CT molecular complexity index is 1370. The van der Waals surface area contributed by atoms with Gasteiger partial charge in [-0.1, -0.05) is 11.6 Å². The molecule has 0 radical (unpaired) electrons. The molecule has 3 rings (SSSR count). The van der Waals surface area contributed by atoms with Crippen molar-refractivity contribution in [3.05, 3.63) is 75.7 Å². The van der Waals surface area contributed by atoms with Gasteiger partial charge in [0.05, 0.1) is 41.0 Å². The number of nitrogens with two attached hydrogens (primary N) is 2. The van der Waals surface area contributed by atoms with E-state index in [1.165, 1.54) is 31.5 Å². The summed E-state index contributed by atoms with van der Waals surface area (Å²) in [6, 6.07) is 6.11. The van der Waals surface area contributed by atoms with Crippen molar-refractivity contribution in [2.24, 2.45) is 18.6 Å². The van der Waals surface area contributed by atoms with E-state index in [2.05, 4.69) is 10.4 Å². The van der Waals surface area contributed by atoms with Gasteiger partial charge in [0.15, 0.2) is 0 Å². The molecule has 0 saturated carbocycles. The molecule has 0 bridgehead atoms. The molecule has 13 heteroatoms. The fraction of sp³-hybridized carbons (Fsp3) is 0.280. The molecule has 0 spiro atoms. The predicted molar refractivity (Wildman–Crippen MR) is 142 cm³/mol. The minimum Gasteiger partial charge on any atom is -0.494 e. The first kappa shape index (κ1) is 28.8. The van der Waals surface area contributed by atoms with Gasteiger partial charge in [-0.25, -0.2) is 5.84 Å². The molecule has 1 heterocycles. The minimum absolute atomic E-state index is 0.0954. The van der Waals surface area contributed by atoms with Crippen molar-refractivity contribution >= 4 is 34.6 Å². The second-order valence-corrected chi connectivity index (χ2v) is 9.24.